The van der Waals surface area contributed by atoms with Crippen LogP contribution >= 0.6 is 11.6 Å². The maximum atomic E-state index is 12.6. The fraction of sp³-hybridized carbons (Fsp3) is 0.294. The highest BCUT2D eigenvalue weighted by atomic mass is 35.5. The second kappa shape index (κ2) is 7.17. The van der Waals surface area contributed by atoms with Gasteiger partial charge in [-0.25, -0.2) is 8.42 Å². The Morgan fingerprint density at radius 2 is 1.88 bits per heavy atom. The van der Waals surface area contributed by atoms with Crippen molar-refractivity contribution in [3.05, 3.63) is 53.1 Å². The number of alkyl halides is 2. The van der Waals surface area contributed by atoms with Crippen molar-refractivity contribution in [3.8, 4) is 5.75 Å². The van der Waals surface area contributed by atoms with E-state index < -0.39 is 20.5 Å². The fourth-order valence-corrected chi connectivity index (χ4v) is 3.72. The van der Waals surface area contributed by atoms with Gasteiger partial charge < -0.3 is 10.1 Å². The van der Waals surface area contributed by atoms with Crippen LogP contribution in [0.3, 0.4) is 0 Å². The van der Waals surface area contributed by atoms with Crippen LogP contribution in [0.2, 0.25) is 5.02 Å². The number of fused-ring (bicyclic) bond motifs is 1. The Hall–Kier alpha value is -1.86. The molecule has 1 heterocycles. The quantitative estimate of drug-likeness (QED) is 0.828. The molecular weight excluding hydrogens is 372 g/mol. The van der Waals surface area contributed by atoms with Gasteiger partial charge in [0.25, 0.3) is 0 Å². The summed E-state index contributed by atoms with van der Waals surface area (Å²) < 4.78 is 53.8. The minimum absolute atomic E-state index is 0.0752. The molecule has 3 rings (SSSR count). The monoisotopic (exact) mass is 387 g/mol. The Labute approximate surface area is 149 Å². The summed E-state index contributed by atoms with van der Waals surface area (Å²) in [6.45, 7) is 0.556. The molecule has 1 aliphatic rings. The second-order valence-electron chi connectivity index (χ2n) is 5.68. The molecule has 2 aromatic carbocycles. The highest BCUT2D eigenvalue weighted by molar-refractivity contribution is 7.91. The molecule has 0 radical (unpaired) electrons. The summed E-state index contributed by atoms with van der Waals surface area (Å²) in [5.74, 6) is -2.80. The maximum Gasteiger partial charge on any atom is 0.341 e. The number of benzene rings is 2. The number of sulfone groups is 1. The molecule has 25 heavy (non-hydrogen) atoms. The molecule has 0 aliphatic carbocycles. The third kappa shape index (κ3) is 3.72. The lowest BCUT2D eigenvalue weighted by Crippen LogP contribution is -2.12. The molecule has 8 heteroatoms. The zero-order valence-corrected chi connectivity index (χ0v) is 14.7. The van der Waals surface area contributed by atoms with E-state index >= 15 is 0 Å². The van der Waals surface area contributed by atoms with Gasteiger partial charge in [-0.3, -0.25) is 0 Å². The average Bonchev–Trinajstić information content (AvgIpc) is 2.79. The molecule has 1 atom stereocenters. The van der Waals surface area contributed by atoms with Crippen LogP contribution in [0.25, 0.3) is 0 Å². The highest BCUT2D eigenvalue weighted by Crippen LogP contribution is 2.38. The van der Waals surface area contributed by atoms with Gasteiger partial charge in [-0.15, -0.1) is 0 Å². The number of hydrogen-bond acceptors (Lipinski definition) is 4. The normalized spacial score (nSPS) is 17.5. The van der Waals surface area contributed by atoms with Crippen LogP contribution in [0.1, 0.15) is 24.4 Å². The number of nitrogens with one attached hydrogen (secondary N) is 1. The lowest BCUT2D eigenvalue weighted by atomic mass is 10.0. The van der Waals surface area contributed by atoms with Gasteiger partial charge in [0, 0.05) is 11.3 Å². The minimum atomic E-state index is -4.59. The third-order valence-corrected chi connectivity index (χ3v) is 5.71. The number of hydrogen-bond donors (Lipinski definition) is 1. The summed E-state index contributed by atoms with van der Waals surface area (Å²) in [7, 11) is -4.59. The van der Waals surface area contributed by atoms with Gasteiger partial charge in [0.05, 0.1) is 22.6 Å². The SMILES string of the molecule is O=S(=O)(c1ccc(NC2CCCOc3c(Cl)cccc32)cc1)C(F)F. The van der Waals surface area contributed by atoms with Gasteiger partial charge in [-0.1, -0.05) is 23.7 Å². The molecule has 1 unspecified atom stereocenters. The number of rotatable bonds is 4. The van der Waals surface area contributed by atoms with Crippen LogP contribution < -0.4 is 10.1 Å². The van der Waals surface area contributed by atoms with E-state index in [0.717, 1.165) is 18.4 Å². The van der Waals surface area contributed by atoms with Crippen LogP contribution in [0.5, 0.6) is 5.75 Å². The Balaban J connectivity index is 1.85. The maximum absolute atomic E-state index is 12.6. The van der Waals surface area contributed by atoms with Crippen molar-refractivity contribution in [3.63, 3.8) is 0 Å². The van der Waals surface area contributed by atoms with Gasteiger partial charge in [0.15, 0.2) is 0 Å². The number of ether oxygens (including phenoxy) is 1. The molecule has 0 fully saturated rings. The van der Waals surface area contributed by atoms with Crippen molar-refractivity contribution in [1.82, 2.24) is 0 Å². The minimum Gasteiger partial charge on any atom is -0.492 e. The summed E-state index contributed by atoms with van der Waals surface area (Å²) in [5.41, 5.74) is 1.54. The first-order chi connectivity index (χ1) is 11.9. The lowest BCUT2D eigenvalue weighted by molar-refractivity contribution is 0.234. The van der Waals surface area contributed by atoms with Crippen molar-refractivity contribution in [2.24, 2.45) is 0 Å². The van der Waals surface area contributed by atoms with E-state index in [1.54, 1.807) is 6.07 Å². The van der Waals surface area contributed by atoms with E-state index in [4.69, 9.17) is 16.3 Å². The molecule has 4 nitrogen and oxygen atoms in total. The molecule has 0 bridgehead atoms. The Bertz CT molecular complexity index is 857. The molecule has 0 saturated heterocycles. The average molecular weight is 388 g/mol. The lowest BCUT2D eigenvalue weighted by Gasteiger charge is -2.20. The second-order valence-corrected chi connectivity index (χ2v) is 8.00. The van der Waals surface area contributed by atoms with Crippen LogP contribution in [-0.4, -0.2) is 20.8 Å². The molecule has 0 amide bonds. The Morgan fingerprint density at radius 1 is 1.16 bits per heavy atom. The van der Waals surface area contributed by atoms with Gasteiger partial charge in [0.1, 0.15) is 5.75 Å². The van der Waals surface area contributed by atoms with Crippen molar-refractivity contribution in [2.45, 2.75) is 29.5 Å². The zero-order chi connectivity index (χ0) is 18.0. The zero-order valence-electron chi connectivity index (χ0n) is 13.1. The predicted octanol–water partition coefficient (Wildman–Crippen LogP) is 4.66. The molecule has 0 aromatic heterocycles. The summed E-state index contributed by atoms with van der Waals surface area (Å²) in [6.07, 6.45) is 1.62. The van der Waals surface area contributed by atoms with E-state index in [2.05, 4.69) is 5.32 Å². The van der Waals surface area contributed by atoms with Crippen LogP contribution in [0.4, 0.5) is 14.5 Å². The van der Waals surface area contributed by atoms with Gasteiger partial charge in [-0.2, -0.15) is 8.78 Å². The first kappa shape index (κ1) is 17.9. The van der Waals surface area contributed by atoms with Crippen molar-refractivity contribution in [2.75, 3.05) is 11.9 Å². The standard InChI is InChI=1S/C17H16ClF2NO3S/c18-14-4-1-3-13-15(5-2-10-24-16(13)14)21-11-6-8-12(9-7-11)25(22,23)17(19)20/h1,3-4,6-9,15,17,21H,2,5,10H2. The van der Waals surface area contributed by atoms with Crippen molar-refractivity contribution >= 4 is 27.1 Å². The smallest absolute Gasteiger partial charge is 0.341 e. The van der Waals surface area contributed by atoms with E-state index in [1.165, 1.54) is 24.3 Å². The van der Waals surface area contributed by atoms with E-state index in [0.29, 0.717) is 23.1 Å². The number of anilines is 1. The third-order valence-electron chi connectivity index (χ3n) is 4.01. The Kier molecular flexibility index (Phi) is 5.15. The summed E-state index contributed by atoms with van der Waals surface area (Å²) in [5, 5.41) is 3.82. The topological polar surface area (TPSA) is 55.4 Å². The molecular formula is C17H16ClF2NO3S. The Morgan fingerprint density at radius 3 is 2.56 bits per heavy atom. The van der Waals surface area contributed by atoms with Gasteiger partial charge >= 0.3 is 5.76 Å². The summed E-state index contributed by atoms with van der Waals surface area (Å²) in [6, 6.07) is 10.7. The van der Waals surface area contributed by atoms with Gasteiger partial charge in [-0.05, 0) is 43.2 Å². The van der Waals surface area contributed by atoms with Crippen LogP contribution in [0, 0.1) is 0 Å². The van der Waals surface area contributed by atoms with Gasteiger partial charge in [0.2, 0.25) is 9.84 Å². The molecule has 1 aliphatic heterocycles. The van der Waals surface area contributed by atoms with Crippen molar-refractivity contribution in [1.29, 1.82) is 0 Å². The molecule has 2 aromatic rings. The van der Waals surface area contributed by atoms with Crippen molar-refractivity contribution < 1.29 is 21.9 Å². The number of halogens is 3. The van der Waals surface area contributed by atoms with Crippen LogP contribution in [-0.2, 0) is 9.84 Å². The molecule has 0 saturated carbocycles. The number of para-hydroxylation sites is 1. The molecule has 1 N–H and O–H groups in total. The molecule has 134 valence electrons. The summed E-state index contributed by atoms with van der Waals surface area (Å²) >= 11 is 6.19. The van der Waals surface area contributed by atoms with Crippen LogP contribution in [0.15, 0.2) is 47.4 Å². The highest BCUT2D eigenvalue weighted by Gasteiger charge is 2.26. The summed E-state index contributed by atoms with van der Waals surface area (Å²) in [4.78, 5) is -0.402. The predicted molar refractivity (Wildman–Crippen MR) is 92.2 cm³/mol. The first-order valence-corrected chi connectivity index (χ1v) is 9.62. The van der Waals surface area contributed by atoms with E-state index in [9.17, 15) is 17.2 Å². The first-order valence-electron chi connectivity index (χ1n) is 7.69. The molecule has 0 spiro atoms. The van der Waals surface area contributed by atoms with E-state index in [1.807, 2.05) is 12.1 Å². The van der Waals surface area contributed by atoms with E-state index in [-0.39, 0.29) is 6.04 Å². The largest absolute Gasteiger partial charge is 0.492 e. The fourth-order valence-electron chi connectivity index (χ4n) is 2.76.